The smallest absolute Gasteiger partial charge is 0.320 e. The van der Waals surface area contributed by atoms with Crippen LogP contribution in [0.3, 0.4) is 0 Å². The van der Waals surface area contributed by atoms with Crippen LogP contribution in [0.1, 0.15) is 18.4 Å². The summed E-state index contributed by atoms with van der Waals surface area (Å²) in [6, 6.07) is 5.70. The molecule has 0 spiro atoms. The first-order chi connectivity index (χ1) is 11.3. The highest BCUT2D eigenvalue weighted by molar-refractivity contribution is 5.96. The summed E-state index contributed by atoms with van der Waals surface area (Å²) in [4.78, 5) is 45.0. The molecule has 0 aliphatic heterocycles. The monoisotopic (exact) mass is 339 g/mol. The van der Waals surface area contributed by atoms with E-state index in [1.165, 1.54) is 31.2 Å². The van der Waals surface area contributed by atoms with Gasteiger partial charge in [-0.15, -0.1) is 0 Å². The van der Waals surface area contributed by atoms with Crippen molar-refractivity contribution in [1.82, 2.24) is 0 Å². The van der Waals surface area contributed by atoms with E-state index in [-0.39, 0.29) is 5.75 Å². The van der Waals surface area contributed by atoms with Crippen LogP contribution in [0.4, 0.5) is 0 Å². The fourth-order valence-corrected chi connectivity index (χ4v) is 2.19. The number of rotatable bonds is 7. The summed E-state index contributed by atoms with van der Waals surface area (Å²) in [6.07, 6.45) is 0. The molecule has 0 heterocycles. The van der Waals surface area contributed by atoms with Crippen LogP contribution < -0.4 is 4.74 Å². The van der Waals surface area contributed by atoms with Gasteiger partial charge in [-0.05, 0) is 17.7 Å². The molecule has 0 aliphatic carbocycles. The molecule has 0 aliphatic rings. The third kappa shape index (κ3) is 5.04. The molecule has 1 atom stereocenters. The molecule has 9 nitrogen and oxygen atoms in total. The van der Waals surface area contributed by atoms with Crippen LogP contribution in [0.2, 0.25) is 0 Å². The Morgan fingerprint density at radius 2 is 1.58 bits per heavy atom. The molecular weight excluding hydrogens is 322 g/mol. The van der Waals surface area contributed by atoms with E-state index in [1.807, 2.05) is 0 Å². The second-order valence-electron chi connectivity index (χ2n) is 4.81. The van der Waals surface area contributed by atoms with Gasteiger partial charge in [-0.25, -0.2) is 0 Å². The van der Waals surface area contributed by atoms with Gasteiger partial charge in [0.2, 0.25) is 6.54 Å². The van der Waals surface area contributed by atoms with Gasteiger partial charge in [-0.2, -0.15) is 0 Å². The number of hydrogen-bond donors (Lipinski definition) is 0. The number of carbonyl (C=O) groups excluding carboxylic acids is 3. The highest BCUT2D eigenvalue weighted by atomic mass is 16.6. The summed E-state index contributed by atoms with van der Waals surface area (Å²) in [5.41, 5.74) is 0.336. The third-order valence-electron chi connectivity index (χ3n) is 3.23. The van der Waals surface area contributed by atoms with E-state index in [0.29, 0.717) is 5.56 Å². The summed E-state index contributed by atoms with van der Waals surface area (Å²) >= 11 is 0. The second-order valence-corrected chi connectivity index (χ2v) is 4.81. The standard InChI is InChI=1S/C15H17NO8/c1-9(17)24-11-6-4-10(5-7-11)12(8-16(20)21)13(14(18)22-2)15(19)23-3/h4-7,12-13H,8H2,1-3H3/t12-/m1/s1. The Labute approximate surface area is 137 Å². The first-order valence-electron chi connectivity index (χ1n) is 6.86. The van der Waals surface area contributed by atoms with E-state index in [2.05, 4.69) is 9.47 Å². The molecule has 0 aromatic heterocycles. The van der Waals surface area contributed by atoms with Crippen LogP contribution >= 0.6 is 0 Å². The summed E-state index contributed by atoms with van der Waals surface area (Å²) in [7, 11) is 2.15. The maximum Gasteiger partial charge on any atom is 0.320 e. The van der Waals surface area contributed by atoms with Crippen molar-refractivity contribution in [2.45, 2.75) is 12.8 Å². The first kappa shape index (κ1) is 19.1. The van der Waals surface area contributed by atoms with Crippen molar-refractivity contribution in [3.63, 3.8) is 0 Å². The van der Waals surface area contributed by atoms with Gasteiger partial charge >= 0.3 is 17.9 Å². The maximum atomic E-state index is 11.9. The molecule has 0 fully saturated rings. The summed E-state index contributed by atoms with van der Waals surface area (Å²) in [5.74, 6) is -4.72. The Hall–Kier alpha value is -2.97. The number of carbonyl (C=O) groups is 3. The summed E-state index contributed by atoms with van der Waals surface area (Å²) < 4.78 is 14.0. The number of esters is 3. The maximum absolute atomic E-state index is 11.9. The van der Waals surface area contributed by atoms with Crippen molar-refractivity contribution in [2.24, 2.45) is 5.92 Å². The van der Waals surface area contributed by atoms with E-state index in [4.69, 9.17) is 4.74 Å². The molecule has 0 radical (unpaired) electrons. The lowest BCUT2D eigenvalue weighted by Gasteiger charge is -2.20. The number of methoxy groups -OCH3 is 2. The Kier molecular flexibility index (Phi) is 6.84. The molecule has 0 N–H and O–H groups in total. The van der Waals surface area contributed by atoms with Gasteiger partial charge in [0.05, 0.1) is 20.1 Å². The lowest BCUT2D eigenvalue weighted by Crippen LogP contribution is -2.35. The normalized spacial score (nSPS) is 11.5. The van der Waals surface area contributed by atoms with Gasteiger partial charge < -0.3 is 14.2 Å². The zero-order valence-corrected chi connectivity index (χ0v) is 13.4. The lowest BCUT2D eigenvalue weighted by molar-refractivity contribution is -0.484. The topological polar surface area (TPSA) is 122 Å². The van der Waals surface area contributed by atoms with Gasteiger partial charge in [0.1, 0.15) is 5.75 Å². The van der Waals surface area contributed by atoms with Crippen molar-refractivity contribution in [1.29, 1.82) is 0 Å². The number of ether oxygens (including phenoxy) is 3. The average Bonchev–Trinajstić information content (AvgIpc) is 2.53. The minimum atomic E-state index is -1.48. The Morgan fingerprint density at radius 3 is 1.96 bits per heavy atom. The predicted octanol–water partition coefficient (Wildman–Crippen LogP) is 0.934. The number of nitrogens with zero attached hydrogens (tertiary/aromatic N) is 1. The molecule has 0 saturated heterocycles. The number of nitro groups is 1. The Balaban J connectivity index is 3.23. The molecule has 24 heavy (non-hydrogen) atoms. The van der Waals surface area contributed by atoms with Crippen LogP contribution in [-0.4, -0.2) is 43.6 Å². The minimum Gasteiger partial charge on any atom is -0.468 e. The van der Waals surface area contributed by atoms with Gasteiger partial charge in [-0.1, -0.05) is 12.1 Å². The van der Waals surface area contributed by atoms with Crippen LogP contribution in [0.25, 0.3) is 0 Å². The van der Waals surface area contributed by atoms with E-state index in [0.717, 1.165) is 14.2 Å². The quantitative estimate of drug-likeness (QED) is 0.236. The van der Waals surface area contributed by atoms with E-state index >= 15 is 0 Å². The fraction of sp³-hybridized carbons (Fsp3) is 0.400. The molecular formula is C15H17NO8. The molecule has 0 unspecified atom stereocenters. The predicted molar refractivity (Wildman–Crippen MR) is 79.9 cm³/mol. The van der Waals surface area contributed by atoms with Gasteiger partial charge in [0, 0.05) is 11.8 Å². The number of benzene rings is 1. The first-order valence-corrected chi connectivity index (χ1v) is 6.86. The number of hydrogen-bond acceptors (Lipinski definition) is 8. The van der Waals surface area contributed by atoms with Crippen LogP contribution in [0.5, 0.6) is 5.75 Å². The lowest BCUT2D eigenvalue weighted by atomic mass is 9.85. The van der Waals surface area contributed by atoms with Crippen molar-refractivity contribution in [3.05, 3.63) is 39.9 Å². The second kappa shape index (κ2) is 8.61. The molecule has 0 saturated carbocycles. The summed E-state index contributed by atoms with van der Waals surface area (Å²) in [5, 5.41) is 11.0. The van der Waals surface area contributed by atoms with Crippen LogP contribution in [0.15, 0.2) is 24.3 Å². The van der Waals surface area contributed by atoms with Gasteiger partial charge in [0.15, 0.2) is 5.92 Å². The molecule has 1 rings (SSSR count). The van der Waals surface area contributed by atoms with E-state index in [9.17, 15) is 24.5 Å². The van der Waals surface area contributed by atoms with Crippen molar-refractivity contribution < 1.29 is 33.5 Å². The SMILES string of the molecule is COC(=O)C(C(=O)OC)[C@H](C[N+](=O)[O-])c1ccc(OC(C)=O)cc1. The highest BCUT2D eigenvalue weighted by Gasteiger charge is 2.40. The van der Waals surface area contributed by atoms with Crippen molar-refractivity contribution >= 4 is 17.9 Å². The molecule has 9 heteroatoms. The van der Waals surface area contributed by atoms with Crippen LogP contribution in [0, 0.1) is 16.0 Å². The Morgan fingerprint density at radius 1 is 1.08 bits per heavy atom. The third-order valence-corrected chi connectivity index (χ3v) is 3.23. The van der Waals surface area contributed by atoms with E-state index in [1.54, 1.807) is 0 Å². The van der Waals surface area contributed by atoms with Gasteiger partial charge in [0.25, 0.3) is 0 Å². The molecule has 1 aromatic rings. The summed E-state index contributed by atoms with van der Waals surface area (Å²) in [6.45, 7) is 0.551. The van der Waals surface area contributed by atoms with Crippen molar-refractivity contribution in [2.75, 3.05) is 20.8 Å². The zero-order chi connectivity index (χ0) is 18.3. The van der Waals surface area contributed by atoms with E-state index < -0.39 is 41.2 Å². The molecule has 0 bridgehead atoms. The largest absolute Gasteiger partial charge is 0.468 e. The van der Waals surface area contributed by atoms with Crippen LogP contribution in [-0.2, 0) is 23.9 Å². The average molecular weight is 339 g/mol. The molecule has 1 aromatic carbocycles. The van der Waals surface area contributed by atoms with Gasteiger partial charge in [-0.3, -0.25) is 24.5 Å². The van der Waals surface area contributed by atoms with Crippen molar-refractivity contribution in [3.8, 4) is 5.75 Å². The fourth-order valence-electron chi connectivity index (χ4n) is 2.19. The molecule has 0 amide bonds. The molecule has 130 valence electrons. The Bertz CT molecular complexity index is 609. The highest BCUT2D eigenvalue weighted by Crippen LogP contribution is 2.29. The minimum absolute atomic E-state index is 0.235. The zero-order valence-electron chi connectivity index (χ0n) is 13.4.